The highest BCUT2D eigenvalue weighted by molar-refractivity contribution is 6.42. The molecule has 1 aliphatic heterocycles. The van der Waals surface area contributed by atoms with Crippen LogP contribution in [0, 0.1) is 5.92 Å². The first-order valence-corrected chi connectivity index (χ1v) is 6.71. The predicted octanol–water partition coefficient (Wildman–Crippen LogP) is 3.20. The zero-order chi connectivity index (χ0) is 14.9. The topological polar surface area (TPSA) is 70.0 Å². The van der Waals surface area contributed by atoms with Crippen molar-refractivity contribution in [3.8, 4) is 0 Å². The molecule has 106 valence electrons. The molecule has 1 aromatic rings. The smallest absolute Gasteiger partial charge is 0.303 e. The molecule has 0 saturated heterocycles. The van der Waals surface area contributed by atoms with E-state index in [0.717, 1.165) is 0 Å². The molecule has 1 heterocycles. The largest absolute Gasteiger partial charge is 0.481 e. The Morgan fingerprint density at radius 3 is 2.70 bits per heavy atom. The Labute approximate surface area is 125 Å². The Hall–Kier alpha value is -1.59. The third-order valence-corrected chi connectivity index (χ3v) is 3.80. The van der Waals surface area contributed by atoms with Crippen molar-refractivity contribution in [1.82, 2.24) is 0 Å². The molecule has 0 aromatic heterocycles. The van der Waals surface area contributed by atoms with Crippen LogP contribution in [-0.2, 0) is 9.59 Å². The molecule has 0 bridgehead atoms. The van der Waals surface area contributed by atoms with E-state index < -0.39 is 11.9 Å². The molecule has 1 aliphatic rings. The van der Waals surface area contributed by atoms with E-state index in [0.29, 0.717) is 21.4 Å². The highest BCUT2D eigenvalue weighted by Gasteiger charge is 2.34. The number of hydrazone groups is 1. The van der Waals surface area contributed by atoms with Crippen LogP contribution < -0.4 is 5.01 Å². The molecule has 0 radical (unpaired) electrons. The highest BCUT2D eigenvalue weighted by atomic mass is 35.5. The maximum absolute atomic E-state index is 12.3. The van der Waals surface area contributed by atoms with Gasteiger partial charge >= 0.3 is 5.97 Å². The second-order valence-electron chi connectivity index (χ2n) is 4.47. The van der Waals surface area contributed by atoms with Gasteiger partial charge in [0, 0.05) is 12.1 Å². The summed E-state index contributed by atoms with van der Waals surface area (Å²) in [5.74, 6) is -1.68. The molecule has 1 amide bonds. The standard InChI is InChI=1S/C13H12Cl2N2O3/c1-7-9(3-5-12(18)19)13(20)17(16-7)8-2-4-10(14)11(15)6-8/h2,4,6,9H,3,5H2,1H3,(H,18,19). The fourth-order valence-electron chi connectivity index (χ4n) is 2.00. The summed E-state index contributed by atoms with van der Waals surface area (Å²) in [6.45, 7) is 1.71. The Morgan fingerprint density at radius 1 is 1.40 bits per heavy atom. The minimum absolute atomic E-state index is 0.0710. The Morgan fingerprint density at radius 2 is 2.10 bits per heavy atom. The average Bonchev–Trinajstić information content (AvgIpc) is 2.66. The first-order chi connectivity index (χ1) is 9.40. The van der Waals surface area contributed by atoms with Crippen LogP contribution >= 0.6 is 23.2 Å². The number of hydrogen-bond acceptors (Lipinski definition) is 3. The molecule has 0 aliphatic carbocycles. The number of amides is 1. The number of carboxylic acids is 1. The molecule has 7 heteroatoms. The Balaban J connectivity index is 2.20. The normalized spacial score (nSPS) is 18.4. The van der Waals surface area contributed by atoms with E-state index in [1.165, 1.54) is 5.01 Å². The van der Waals surface area contributed by atoms with Gasteiger partial charge in [-0.1, -0.05) is 23.2 Å². The molecule has 0 spiro atoms. The molecule has 1 N–H and O–H groups in total. The predicted molar refractivity (Wildman–Crippen MR) is 77.4 cm³/mol. The van der Waals surface area contributed by atoms with Crippen molar-refractivity contribution in [2.45, 2.75) is 19.8 Å². The number of rotatable bonds is 4. The average molecular weight is 315 g/mol. The number of halogens is 2. The zero-order valence-electron chi connectivity index (χ0n) is 10.6. The summed E-state index contributed by atoms with van der Waals surface area (Å²) >= 11 is 11.7. The van der Waals surface area contributed by atoms with Gasteiger partial charge in [-0.15, -0.1) is 0 Å². The minimum atomic E-state index is -0.932. The van der Waals surface area contributed by atoms with Crippen LogP contribution in [0.1, 0.15) is 19.8 Å². The lowest BCUT2D eigenvalue weighted by atomic mass is 9.98. The van der Waals surface area contributed by atoms with Crippen molar-refractivity contribution >= 4 is 46.5 Å². The van der Waals surface area contributed by atoms with Crippen LogP contribution in [0.3, 0.4) is 0 Å². The SMILES string of the molecule is CC1=NN(c2ccc(Cl)c(Cl)c2)C(=O)C1CCC(=O)O. The van der Waals surface area contributed by atoms with Crippen LogP contribution in [0.25, 0.3) is 0 Å². The van der Waals surface area contributed by atoms with Gasteiger partial charge in [0.05, 0.1) is 21.7 Å². The monoisotopic (exact) mass is 314 g/mol. The number of benzene rings is 1. The van der Waals surface area contributed by atoms with Crippen LogP contribution in [0.2, 0.25) is 10.0 Å². The van der Waals surface area contributed by atoms with E-state index in [1.807, 2.05) is 0 Å². The quantitative estimate of drug-likeness (QED) is 0.927. The zero-order valence-corrected chi connectivity index (χ0v) is 12.1. The van der Waals surface area contributed by atoms with Gasteiger partial charge in [-0.3, -0.25) is 9.59 Å². The number of carbonyl (C=O) groups is 2. The van der Waals surface area contributed by atoms with E-state index in [1.54, 1.807) is 25.1 Å². The van der Waals surface area contributed by atoms with Gasteiger partial charge in [0.2, 0.25) is 0 Å². The lowest BCUT2D eigenvalue weighted by molar-refractivity contribution is -0.137. The summed E-state index contributed by atoms with van der Waals surface area (Å²) in [6.07, 6.45) is 0.166. The minimum Gasteiger partial charge on any atom is -0.481 e. The second-order valence-corrected chi connectivity index (χ2v) is 5.29. The molecule has 5 nitrogen and oxygen atoms in total. The maximum atomic E-state index is 12.3. The number of hydrogen-bond donors (Lipinski definition) is 1. The summed E-state index contributed by atoms with van der Waals surface area (Å²) < 4.78 is 0. The van der Waals surface area contributed by atoms with E-state index in [-0.39, 0.29) is 18.7 Å². The van der Waals surface area contributed by atoms with E-state index in [4.69, 9.17) is 28.3 Å². The summed E-state index contributed by atoms with van der Waals surface area (Å²) in [7, 11) is 0. The van der Waals surface area contributed by atoms with Crippen molar-refractivity contribution in [1.29, 1.82) is 0 Å². The fourth-order valence-corrected chi connectivity index (χ4v) is 2.30. The summed E-state index contributed by atoms with van der Waals surface area (Å²) in [4.78, 5) is 22.9. The van der Waals surface area contributed by atoms with E-state index >= 15 is 0 Å². The van der Waals surface area contributed by atoms with Crippen molar-refractivity contribution in [2.24, 2.45) is 11.0 Å². The summed E-state index contributed by atoms with van der Waals surface area (Å²) in [5.41, 5.74) is 1.11. The molecule has 2 rings (SSSR count). The molecule has 1 atom stereocenters. The molecular weight excluding hydrogens is 303 g/mol. The van der Waals surface area contributed by atoms with Gasteiger partial charge < -0.3 is 5.11 Å². The van der Waals surface area contributed by atoms with Crippen molar-refractivity contribution in [2.75, 3.05) is 5.01 Å². The van der Waals surface area contributed by atoms with Crippen LogP contribution in [0.15, 0.2) is 23.3 Å². The first kappa shape index (κ1) is 14.8. The highest BCUT2D eigenvalue weighted by Crippen LogP contribution is 2.31. The number of carbonyl (C=O) groups excluding carboxylic acids is 1. The molecule has 20 heavy (non-hydrogen) atoms. The second kappa shape index (κ2) is 5.81. The van der Waals surface area contributed by atoms with E-state index in [9.17, 15) is 9.59 Å². The van der Waals surface area contributed by atoms with Gasteiger partial charge in [0.15, 0.2) is 0 Å². The van der Waals surface area contributed by atoms with Crippen LogP contribution in [0.4, 0.5) is 5.69 Å². The molecule has 1 aromatic carbocycles. The van der Waals surface area contributed by atoms with Crippen molar-refractivity contribution < 1.29 is 14.7 Å². The van der Waals surface area contributed by atoms with Gasteiger partial charge in [-0.2, -0.15) is 5.10 Å². The summed E-state index contributed by atoms with van der Waals surface area (Å²) in [5, 5.41) is 14.8. The Kier molecular flexibility index (Phi) is 4.30. The van der Waals surface area contributed by atoms with Crippen LogP contribution in [0.5, 0.6) is 0 Å². The van der Waals surface area contributed by atoms with Gasteiger partial charge in [0.25, 0.3) is 5.91 Å². The third-order valence-electron chi connectivity index (χ3n) is 3.06. The lowest BCUT2D eigenvalue weighted by Gasteiger charge is -2.14. The molecule has 0 fully saturated rings. The van der Waals surface area contributed by atoms with Crippen molar-refractivity contribution in [3.63, 3.8) is 0 Å². The van der Waals surface area contributed by atoms with Crippen molar-refractivity contribution in [3.05, 3.63) is 28.2 Å². The van der Waals surface area contributed by atoms with Gasteiger partial charge in [-0.05, 0) is 31.5 Å². The van der Waals surface area contributed by atoms with Gasteiger partial charge in [0.1, 0.15) is 0 Å². The molecule has 0 saturated carbocycles. The molecular formula is C13H12Cl2N2O3. The number of anilines is 1. The lowest BCUT2D eigenvalue weighted by Crippen LogP contribution is -2.27. The first-order valence-electron chi connectivity index (χ1n) is 5.96. The maximum Gasteiger partial charge on any atom is 0.303 e. The number of aliphatic carboxylic acids is 1. The van der Waals surface area contributed by atoms with Crippen LogP contribution in [-0.4, -0.2) is 22.7 Å². The van der Waals surface area contributed by atoms with Gasteiger partial charge in [-0.25, -0.2) is 5.01 Å². The number of nitrogens with zero attached hydrogens (tertiary/aromatic N) is 2. The number of carboxylic acid groups (broad SMARTS) is 1. The van der Waals surface area contributed by atoms with E-state index in [2.05, 4.69) is 5.10 Å². The summed E-state index contributed by atoms with van der Waals surface area (Å²) in [6, 6.07) is 4.78. The third kappa shape index (κ3) is 2.94. The molecule has 1 unspecified atom stereocenters. The Bertz CT molecular complexity index is 601. The fraction of sp³-hybridized carbons (Fsp3) is 0.308.